The molecule has 0 aromatic carbocycles. The van der Waals surface area contributed by atoms with Crippen LogP contribution in [0.25, 0.3) is 0 Å². The quantitative estimate of drug-likeness (QED) is 0.248. The van der Waals surface area contributed by atoms with Gasteiger partial charge in [0.1, 0.15) is 11.9 Å². The molecule has 2 amide bonds. The molecular weight excluding hydrogens is 511 g/mol. The molecule has 2 atom stereocenters. The fourth-order valence-corrected chi connectivity index (χ4v) is 6.23. The minimum atomic E-state index is -1.86. The lowest BCUT2D eigenvalue weighted by atomic mass is 10.1. The maximum Gasteiger partial charge on any atom is 0.267 e. The third-order valence-corrected chi connectivity index (χ3v) is 9.06. The second-order valence-corrected chi connectivity index (χ2v) is 12.1. The minimum Gasteiger partial charge on any atom is -0.354 e. The summed E-state index contributed by atoms with van der Waals surface area (Å²) in [6, 6.07) is -0.458. The summed E-state index contributed by atoms with van der Waals surface area (Å²) in [4.78, 5) is 34.1. The van der Waals surface area contributed by atoms with Crippen LogP contribution in [0.3, 0.4) is 0 Å². The van der Waals surface area contributed by atoms with Gasteiger partial charge in [-0.15, -0.1) is 18.9 Å². The number of hydrogen-bond acceptors (Lipinski definition) is 5. The van der Waals surface area contributed by atoms with Crippen LogP contribution in [0, 0.1) is 5.92 Å². The molecule has 3 rings (SSSR count). The lowest BCUT2D eigenvalue weighted by Gasteiger charge is -2.21. The van der Waals surface area contributed by atoms with Crippen molar-refractivity contribution in [3.63, 3.8) is 0 Å². The first kappa shape index (κ1) is 23.9. The molecule has 3 aliphatic rings. The fourth-order valence-electron chi connectivity index (χ4n) is 3.62. The highest BCUT2D eigenvalue weighted by Gasteiger charge is 2.18. The Kier molecular flexibility index (Phi) is 9.54. The molecule has 9 heteroatoms. The van der Waals surface area contributed by atoms with E-state index in [-0.39, 0.29) is 18.1 Å². The molecule has 0 aromatic rings. The molecule has 31 heavy (non-hydrogen) atoms. The van der Waals surface area contributed by atoms with Gasteiger partial charge in [-0.1, -0.05) is 17.4 Å². The minimum absolute atomic E-state index is 0.0488. The summed E-state index contributed by atoms with van der Waals surface area (Å²) < 4.78 is 12.6. The number of nitrogens with zero attached hydrogens (tertiary/aromatic N) is 1. The van der Waals surface area contributed by atoms with Crippen LogP contribution in [0.15, 0.2) is 26.9 Å². The number of carbonyl (C=O) groups is 2. The average Bonchev–Trinajstić information content (AvgIpc) is 3.30. The van der Waals surface area contributed by atoms with E-state index < -0.39 is 24.9 Å². The summed E-state index contributed by atoms with van der Waals surface area (Å²) in [6.45, 7) is 3.20. The van der Waals surface area contributed by atoms with Crippen LogP contribution >= 0.6 is 18.9 Å². The van der Waals surface area contributed by atoms with E-state index in [0.717, 1.165) is 29.4 Å². The summed E-state index contributed by atoms with van der Waals surface area (Å²) in [5, 5.41) is 6.13. The predicted molar refractivity (Wildman–Crippen MR) is 132 cm³/mol. The predicted octanol–water partition coefficient (Wildman–Crippen LogP) is 2.40. The first-order valence-corrected chi connectivity index (χ1v) is 14.8. The molecule has 0 radical (unpaired) electrons. The molecule has 0 spiro atoms. The summed E-state index contributed by atoms with van der Waals surface area (Å²) in [6.07, 6.45) is 12.4. The molecule has 8 nitrogen and oxygen atoms in total. The van der Waals surface area contributed by atoms with Gasteiger partial charge in [-0.2, -0.15) is 0 Å². The number of amidine groups is 1. The van der Waals surface area contributed by atoms with Gasteiger partial charge in [0.05, 0.1) is 0 Å². The summed E-state index contributed by atoms with van der Waals surface area (Å²) in [5.41, 5.74) is 2.41. The molecular formula is C22H33IN4O4. The summed E-state index contributed by atoms with van der Waals surface area (Å²) in [5.74, 6) is 0.887. The van der Waals surface area contributed by atoms with E-state index in [4.69, 9.17) is 9.57 Å². The van der Waals surface area contributed by atoms with Gasteiger partial charge < -0.3 is 15.4 Å². The average molecular weight is 544 g/mol. The molecule has 2 aliphatic heterocycles. The zero-order valence-corrected chi connectivity index (χ0v) is 20.2. The van der Waals surface area contributed by atoms with E-state index in [1.165, 1.54) is 31.8 Å². The summed E-state index contributed by atoms with van der Waals surface area (Å²) in [7, 11) is 0. The van der Waals surface area contributed by atoms with Gasteiger partial charge in [0.15, 0.2) is 6.29 Å². The van der Waals surface area contributed by atoms with Crippen molar-refractivity contribution in [2.24, 2.45) is 10.9 Å². The van der Waals surface area contributed by atoms with Crippen LogP contribution in [0.5, 0.6) is 0 Å². The monoisotopic (exact) mass is 544 g/mol. The van der Waals surface area contributed by atoms with Crippen molar-refractivity contribution >= 4 is 45.0 Å². The third kappa shape index (κ3) is 8.04. The molecule has 1 aliphatic carbocycles. The first-order chi connectivity index (χ1) is 15.0. The van der Waals surface area contributed by atoms with Gasteiger partial charge in [-0.05, 0) is 44.6 Å². The molecule has 0 aromatic heterocycles. The van der Waals surface area contributed by atoms with E-state index in [2.05, 4.69) is 25.6 Å². The van der Waals surface area contributed by atoms with Gasteiger partial charge in [0.2, 0.25) is 5.91 Å². The maximum absolute atomic E-state index is 12.3. The number of rotatable bonds is 8. The number of halogens is 1. The highest BCUT2D eigenvalue weighted by atomic mass is 127. The highest BCUT2D eigenvalue weighted by Crippen LogP contribution is 2.25. The van der Waals surface area contributed by atoms with E-state index in [1.807, 2.05) is 10.2 Å². The normalized spacial score (nSPS) is 25.0. The Labute approximate surface area is 190 Å². The lowest BCUT2D eigenvalue weighted by Crippen LogP contribution is -2.36. The van der Waals surface area contributed by atoms with Crippen LogP contribution in [0.2, 0.25) is 0 Å². The zero-order valence-electron chi connectivity index (χ0n) is 18.1. The molecule has 1 unspecified atom stereocenters. The Hall–Kier alpha value is -1.72. The summed E-state index contributed by atoms with van der Waals surface area (Å²) >= 11 is -1.86. The van der Waals surface area contributed by atoms with Crippen molar-refractivity contribution in [2.75, 3.05) is 13.2 Å². The number of aliphatic imine (C=N–C) groups is 1. The number of carbonyl (C=O) groups excluding carboxylic acids is 2. The Balaban J connectivity index is 1.44. The third-order valence-electron chi connectivity index (χ3n) is 5.45. The first-order valence-electron chi connectivity index (χ1n) is 10.9. The number of amides is 2. The van der Waals surface area contributed by atoms with E-state index in [0.29, 0.717) is 18.4 Å². The van der Waals surface area contributed by atoms with Crippen molar-refractivity contribution in [3.8, 4) is 0 Å². The van der Waals surface area contributed by atoms with Crippen molar-refractivity contribution in [3.05, 3.63) is 21.9 Å². The number of allylic oxidation sites excluding steroid dienone is 2. The number of nitrogens with one attached hydrogen (secondary N) is 3. The number of hydroxylamine groups is 1. The molecule has 3 N–H and O–H groups in total. The van der Waals surface area contributed by atoms with Crippen molar-refractivity contribution < 1.29 is 19.2 Å². The van der Waals surface area contributed by atoms with Crippen LogP contribution in [-0.2, 0) is 19.2 Å². The SMILES string of the molecule is C=I1=CC(=N[C@H](C)C(=O)NCC2CCCC2)NC=C1/C=C/C(=O)NOC1CCCCO1. The highest BCUT2D eigenvalue weighted by molar-refractivity contribution is 14.2. The van der Waals surface area contributed by atoms with E-state index in [9.17, 15) is 9.59 Å². The van der Waals surface area contributed by atoms with Gasteiger partial charge in [-0.25, -0.2) is 10.3 Å². The number of ether oxygens (including phenoxy) is 1. The Morgan fingerprint density at radius 2 is 2.13 bits per heavy atom. The van der Waals surface area contributed by atoms with Crippen LogP contribution in [-0.4, -0.2) is 51.7 Å². The second-order valence-electron chi connectivity index (χ2n) is 7.98. The second kappa shape index (κ2) is 12.4. The van der Waals surface area contributed by atoms with Gasteiger partial charge in [0, 0.05) is 39.4 Å². The smallest absolute Gasteiger partial charge is 0.267 e. The molecule has 2 heterocycles. The van der Waals surface area contributed by atoms with Gasteiger partial charge in [-0.3, -0.25) is 14.6 Å². The molecule has 2 fully saturated rings. The molecule has 0 bridgehead atoms. The topological polar surface area (TPSA) is 101 Å². The Morgan fingerprint density at radius 1 is 1.35 bits per heavy atom. The standard InChI is InChI=1S/C22H33IN4O4/c1-16(22(29)25-14-17-7-3-4-8-17)26-19-13-23(2)18(15-24-19)10-11-20(28)27-31-21-9-5-6-12-30-21/h10-11,13,15-17,21H,2-9,12,14H2,1H3,(H,24,26)(H,25,29)(H,27,28)/b11-10+/t16-,21?/m1/s1. The van der Waals surface area contributed by atoms with Crippen molar-refractivity contribution in [2.45, 2.75) is 64.2 Å². The van der Waals surface area contributed by atoms with Crippen LogP contribution < -0.4 is 16.1 Å². The lowest BCUT2D eigenvalue weighted by molar-refractivity contribution is -0.198. The fraction of sp³-hybridized carbons (Fsp3) is 0.591. The van der Waals surface area contributed by atoms with Gasteiger partial charge >= 0.3 is 0 Å². The maximum atomic E-state index is 12.3. The Bertz CT molecular complexity index is 817. The van der Waals surface area contributed by atoms with E-state index in [1.54, 1.807) is 13.0 Å². The van der Waals surface area contributed by atoms with E-state index >= 15 is 0 Å². The van der Waals surface area contributed by atoms with Crippen LogP contribution in [0.4, 0.5) is 0 Å². The van der Waals surface area contributed by atoms with Crippen molar-refractivity contribution in [1.82, 2.24) is 16.1 Å². The molecule has 1 saturated carbocycles. The van der Waals surface area contributed by atoms with Gasteiger partial charge in [0.25, 0.3) is 5.91 Å². The van der Waals surface area contributed by atoms with Crippen molar-refractivity contribution in [1.29, 1.82) is 0 Å². The molecule has 172 valence electrons. The number of hydrogen-bond donors (Lipinski definition) is 3. The zero-order chi connectivity index (χ0) is 22.1. The molecule has 1 saturated heterocycles. The van der Waals surface area contributed by atoms with Crippen LogP contribution in [0.1, 0.15) is 51.9 Å². The Morgan fingerprint density at radius 3 is 2.84 bits per heavy atom. The largest absolute Gasteiger partial charge is 0.354 e.